The largest absolute Gasteiger partial charge is 0.278 e. The van der Waals surface area contributed by atoms with E-state index in [2.05, 4.69) is 0 Å². The standard InChI is InChI=1S/C40H22N8O8/c49-45(50)33-13-5-1-9-25(33)37-39(27-11-3-7-15-35(27)47(53)54)43-31-21-23(17-19-29(31)41-37)24-18-20-30-32(22-24)44-40(28-12-4-8-16-36(28)48(55)56)38(42-30)26-10-2-6-14-34(26)46(51)52/h1-22H. The first-order valence-electron chi connectivity index (χ1n) is 16.7. The molecule has 8 aromatic rings. The van der Waals surface area contributed by atoms with E-state index in [4.69, 9.17) is 19.9 Å². The SMILES string of the molecule is O=[N+]([O-])c1ccccc1-c1nc2ccc(-c3ccc4nc(-c5ccccc5[N+](=O)[O-])c(-c5ccccc5[N+](=O)[O-])nc4c3)cc2nc1-c1ccccc1[N+](=O)[O-]. The van der Waals surface area contributed by atoms with E-state index in [0.29, 0.717) is 33.2 Å². The number of benzene rings is 6. The Kier molecular flexibility index (Phi) is 8.58. The number of hydrogen-bond donors (Lipinski definition) is 0. The molecule has 56 heavy (non-hydrogen) atoms. The van der Waals surface area contributed by atoms with Gasteiger partial charge in [0.2, 0.25) is 0 Å². The van der Waals surface area contributed by atoms with Crippen LogP contribution in [0.2, 0.25) is 0 Å². The molecule has 0 N–H and O–H groups in total. The fourth-order valence-corrected chi connectivity index (χ4v) is 6.55. The fourth-order valence-electron chi connectivity index (χ4n) is 6.55. The molecule has 2 aromatic heterocycles. The zero-order chi connectivity index (χ0) is 39.1. The van der Waals surface area contributed by atoms with Gasteiger partial charge >= 0.3 is 0 Å². The summed E-state index contributed by atoms with van der Waals surface area (Å²) in [5.74, 6) is 0. The Balaban J connectivity index is 1.33. The second-order valence-corrected chi connectivity index (χ2v) is 12.3. The van der Waals surface area contributed by atoms with Crippen molar-refractivity contribution in [2.45, 2.75) is 0 Å². The summed E-state index contributed by atoms with van der Waals surface area (Å²) in [7, 11) is 0. The molecule has 0 saturated carbocycles. The molecule has 6 aromatic carbocycles. The van der Waals surface area contributed by atoms with E-state index in [1.165, 1.54) is 72.8 Å². The van der Waals surface area contributed by atoms with Crippen LogP contribution in [-0.4, -0.2) is 39.6 Å². The molecule has 0 fully saturated rings. The highest BCUT2D eigenvalue weighted by Crippen LogP contribution is 2.41. The molecule has 0 aliphatic rings. The summed E-state index contributed by atoms with van der Waals surface area (Å²) in [6.07, 6.45) is 0. The lowest BCUT2D eigenvalue weighted by Gasteiger charge is -2.13. The second kappa shape index (κ2) is 13.9. The molecule has 0 atom stereocenters. The molecule has 0 aliphatic heterocycles. The number of nitro benzene ring substituents is 4. The van der Waals surface area contributed by atoms with Crippen molar-refractivity contribution < 1.29 is 19.7 Å². The van der Waals surface area contributed by atoms with E-state index in [9.17, 15) is 40.5 Å². The van der Waals surface area contributed by atoms with Crippen molar-refractivity contribution >= 4 is 44.8 Å². The summed E-state index contributed by atoms with van der Waals surface area (Å²) < 4.78 is 0. The van der Waals surface area contributed by atoms with E-state index in [1.807, 2.05) is 0 Å². The maximum atomic E-state index is 12.1. The van der Waals surface area contributed by atoms with Gasteiger partial charge in [0.1, 0.15) is 22.8 Å². The summed E-state index contributed by atoms with van der Waals surface area (Å²) in [6, 6.07) is 34.0. The number of hydrogen-bond acceptors (Lipinski definition) is 12. The van der Waals surface area contributed by atoms with Crippen LogP contribution in [-0.2, 0) is 0 Å². The molecule has 270 valence electrons. The minimum absolute atomic E-state index is 0.0669. The summed E-state index contributed by atoms with van der Waals surface area (Å²) in [5.41, 5.74) is 2.40. The Bertz CT molecular complexity index is 2770. The van der Waals surface area contributed by atoms with E-state index in [0.717, 1.165) is 0 Å². The van der Waals surface area contributed by atoms with Crippen molar-refractivity contribution in [1.29, 1.82) is 0 Å². The van der Waals surface area contributed by atoms with Gasteiger partial charge < -0.3 is 0 Å². The number of para-hydroxylation sites is 4. The molecule has 0 radical (unpaired) electrons. The molecule has 16 nitrogen and oxygen atoms in total. The maximum Gasteiger partial charge on any atom is 0.278 e. The Hall–Kier alpha value is -8.40. The van der Waals surface area contributed by atoms with E-state index in [-0.39, 0.29) is 67.8 Å². The Morgan fingerprint density at radius 2 is 0.571 bits per heavy atom. The van der Waals surface area contributed by atoms with Gasteiger partial charge in [-0.05, 0) is 59.7 Å². The normalized spacial score (nSPS) is 11.1. The fraction of sp³-hybridized carbons (Fsp3) is 0. The summed E-state index contributed by atoms with van der Waals surface area (Å²) in [6.45, 7) is 0. The van der Waals surface area contributed by atoms with Crippen LogP contribution in [0, 0.1) is 40.5 Å². The number of nitro groups is 4. The van der Waals surface area contributed by atoms with Crippen molar-refractivity contribution in [3.63, 3.8) is 0 Å². The molecule has 0 saturated heterocycles. The number of fused-ring (bicyclic) bond motifs is 2. The third kappa shape index (κ3) is 6.13. The number of nitrogens with zero attached hydrogens (tertiary/aromatic N) is 8. The molecular weight excluding hydrogens is 720 g/mol. The Labute approximate surface area is 314 Å². The van der Waals surface area contributed by atoms with Crippen LogP contribution in [0.15, 0.2) is 133 Å². The van der Waals surface area contributed by atoms with Crippen molar-refractivity contribution in [2.24, 2.45) is 0 Å². The van der Waals surface area contributed by atoms with Crippen molar-refractivity contribution in [3.05, 3.63) is 174 Å². The third-order valence-corrected chi connectivity index (χ3v) is 9.09. The average molecular weight is 743 g/mol. The van der Waals surface area contributed by atoms with E-state index < -0.39 is 19.7 Å². The molecule has 2 heterocycles. The molecule has 8 rings (SSSR count). The minimum atomic E-state index is -0.559. The van der Waals surface area contributed by atoms with Crippen LogP contribution >= 0.6 is 0 Å². The first-order valence-corrected chi connectivity index (χ1v) is 16.7. The quantitative estimate of drug-likeness (QED) is 0.0995. The second-order valence-electron chi connectivity index (χ2n) is 12.3. The van der Waals surface area contributed by atoms with Crippen LogP contribution in [0.1, 0.15) is 0 Å². The first kappa shape index (κ1) is 34.7. The van der Waals surface area contributed by atoms with Crippen molar-refractivity contribution in [2.75, 3.05) is 0 Å². The lowest BCUT2D eigenvalue weighted by atomic mass is 9.99. The highest BCUT2D eigenvalue weighted by atomic mass is 16.6. The first-order chi connectivity index (χ1) is 27.1. The van der Waals surface area contributed by atoms with Gasteiger partial charge in [0.25, 0.3) is 22.7 Å². The van der Waals surface area contributed by atoms with Gasteiger partial charge in [-0.25, -0.2) is 19.9 Å². The van der Waals surface area contributed by atoms with Gasteiger partial charge in [0, 0.05) is 24.3 Å². The zero-order valence-corrected chi connectivity index (χ0v) is 28.5. The summed E-state index contributed by atoms with van der Waals surface area (Å²) >= 11 is 0. The van der Waals surface area contributed by atoms with Crippen LogP contribution in [0.5, 0.6) is 0 Å². The lowest BCUT2D eigenvalue weighted by Crippen LogP contribution is -2.01. The van der Waals surface area contributed by atoms with Crippen LogP contribution in [0.3, 0.4) is 0 Å². The predicted molar refractivity (Wildman–Crippen MR) is 206 cm³/mol. The third-order valence-electron chi connectivity index (χ3n) is 9.09. The van der Waals surface area contributed by atoms with E-state index >= 15 is 0 Å². The highest BCUT2D eigenvalue weighted by Gasteiger charge is 2.27. The van der Waals surface area contributed by atoms with Gasteiger partial charge in [0.05, 0.1) is 64.0 Å². The number of rotatable bonds is 9. The van der Waals surface area contributed by atoms with Gasteiger partial charge in [0.15, 0.2) is 0 Å². The van der Waals surface area contributed by atoms with Gasteiger partial charge in [-0.3, -0.25) is 40.5 Å². The molecule has 0 unspecified atom stereocenters. The van der Waals surface area contributed by atoms with Crippen molar-refractivity contribution in [1.82, 2.24) is 19.9 Å². The Morgan fingerprint density at radius 3 is 0.839 bits per heavy atom. The molecule has 0 bridgehead atoms. The van der Waals surface area contributed by atoms with Crippen molar-refractivity contribution in [3.8, 4) is 56.2 Å². The smallest absolute Gasteiger partial charge is 0.258 e. The monoisotopic (exact) mass is 742 g/mol. The van der Waals surface area contributed by atoms with E-state index in [1.54, 1.807) is 60.7 Å². The molecule has 0 amide bonds. The van der Waals surface area contributed by atoms with Gasteiger partial charge in [-0.2, -0.15) is 0 Å². The van der Waals surface area contributed by atoms with Crippen LogP contribution in [0.25, 0.3) is 78.2 Å². The lowest BCUT2D eigenvalue weighted by molar-refractivity contribution is -0.384. The number of aromatic nitrogens is 4. The van der Waals surface area contributed by atoms with Crippen LogP contribution in [0.4, 0.5) is 22.7 Å². The highest BCUT2D eigenvalue weighted by molar-refractivity contribution is 5.95. The van der Waals surface area contributed by atoms with Gasteiger partial charge in [-0.1, -0.05) is 60.7 Å². The Morgan fingerprint density at radius 1 is 0.321 bits per heavy atom. The maximum absolute atomic E-state index is 12.1. The molecule has 0 spiro atoms. The average Bonchev–Trinajstić information content (AvgIpc) is 3.22. The predicted octanol–water partition coefficient (Wildman–Crippen LogP) is 9.54. The topological polar surface area (TPSA) is 224 Å². The van der Waals surface area contributed by atoms with Crippen LogP contribution < -0.4 is 0 Å². The molecular formula is C40H22N8O8. The minimum Gasteiger partial charge on any atom is -0.258 e. The summed E-state index contributed by atoms with van der Waals surface area (Å²) in [4.78, 5) is 65.3. The molecule has 16 heteroatoms. The zero-order valence-electron chi connectivity index (χ0n) is 28.5. The summed E-state index contributed by atoms with van der Waals surface area (Å²) in [5, 5.41) is 48.3. The van der Waals surface area contributed by atoms with Gasteiger partial charge in [-0.15, -0.1) is 0 Å². The molecule has 0 aliphatic carbocycles.